The fourth-order valence-electron chi connectivity index (χ4n) is 1.47. The van der Waals surface area contributed by atoms with Gasteiger partial charge >= 0.3 is 12.0 Å². The molecule has 0 atom stereocenters. The average molecular weight is 361 g/mol. The number of hydrogen-bond acceptors (Lipinski definition) is 6. The van der Waals surface area contributed by atoms with Crippen molar-refractivity contribution in [1.82, 2.24) is 14.9 Å². The molecule has 132 valence electrons. The standard InChI is InChI=1S/C13H16FN3O6S/c1-15-13(20)16-11(18)7-23-12(19)9-6-8(4-5-10(9)14)24(21,22)17(2)3/h4-6H,7H2,1-3H3,(H2,15,16,18,20). The van der Waals surface area contributed by atoms with Gasteiger partial charge in [0.1, 0.15) is 5.82 Å². The molecule has 0 spiro atoms. The normalized spacial score (nSPS) is 11.0. The Kier molecular flexibility index (Phi) is 6.37. The smallest absolute Gasteiger partial charge is 0.341 e. The van der Waals surface area contributed by atoms with Crippen molar-refractivity contribution in [3.63, 3.8) is 0 Å². The number of sulfonamides is 1. The minimum atomic E-state index is -3.87. The molecule has 3 amide bonds. The van der Waals surface area contributed by atoms with Crippen LogP contribution in [0, 0.1) is 5.82 Å². The van der Waals surface area contributed by atoms with Gasteiger partial charge in [-0.15, -0.1) is 0 Å². The number of amides is 3. The first-order valence-corrected chi connectivity index (χ1v) is 7.94. The van der Waals surface area contributed by atoms with Crippen LogP contribution in [0.1, 0.15) is 10.4 Å². The first-order valence-electron chi connectivity index (χ1n) is 6.50. The molecule has 0 heterocycles. The van der Waals surface area contributed by atoms with E-state index in [2.05, 4.69) is 10.1 Å². The minimum Gasteiger partial charge on any atom is -0.452 e. The van der Waals surface area contributed by atoms with E-state index in [1.54, 1.807) is 0 Å². The van der Waals surface area contributed by atoms with Crippen LogP contribution in [0.2, 0.25) is 0 Å². The number of hydrogen-bond donors (Lipinski definition) is 2. The molecule has 0 unspecified atom stereocenters. The summed E-state index contributed by atoms with van der Waals surface area (Å²) in [6, 6.07) is 1.81. The van der Waals surface area contributed by atoms with Crippen molar-refractivity contribution in [1.29, 1.82) is 0 Å². The number of ether oxygens (including phenoxy) is 1. The van der Waals surface area contributed by atoms with E-state index in [9.17, 15) is 27.2 Å². The van der Waals surface area contributed by atoms with Crippen LogP contribution in [-0.4, -0.2) is 58.4 Å². The van der Waals surface area contributed by atoms with E-state index in [0.717, 1.165) is 22.5 Å². The predicted octanol–water partition coefficient (Wildman–Crippen LogP) is -0.312. The summed E-state index contributed by atoms with van der Waals surface area (Å²) in [5.74, 6) is -3.18. The average Bonchev–Trinajstić information content (AvgIpc) is 2.52. The fraction of sp³-hybridized carbons (Fsp3) is 0.308. The van der Waals surface area contributed by atoms with Gasteiger partial charge in [-0.2, -0.15) is 0 Å². The van der Waals surface area contributed by atoms with Crippen LogP contribution < -0.4 is 10.6 Å². The summed E-state index contributed by atoms with van der Waals surface area (Å²) >= 11 is 0. The lowest BCUT2D eigenvalue weighted by atomic mass is 10.2. The SMILES string of the molecule is CNC(=O)NC(=O)COC(=O)c1cc(S(=O)(=O)N(C)C)ccc1F. The van der Waals surface area contributed by atoms with Crippen molar-refractivity contribution < 1.29 is 31.9 Å². The Morgan fingerprint density at radius 3 is 2.42 bits per heavy atom. The molecule has 0 fully saturated rings. The second-order valence-corrected chi connectivity index (χ2v) is 6.78. The molecule has 9 nitrogen and oxygen atoms in total. The first-order chi connectivity index (χ1) is 11.1. The third-order valence-electron chi connectivity index (χ3n) is 2.75. The van der Waals surface area contributed by atoms with E-state index in [4.69, 9.17) is 0 Å². The molecular formula is C13H16FN3O6S. The summed E-state index contributed by atoms with van der Waals surface area (Å²) in [6.45, 7) is -0.837. The minimum absolute atomic E-state index is 0.310. The Labute approximate surface area is 137 Å². The number of benzene rings is 1. The van der Waals surface area contributed by atoms with Crippen molar-refractivity contribution in [3.8, 4) is 0 Å². The molecule has 0 aliphatic heterocycles. The van der Waals surface area contributed by atoms with Crippen LogP contribution in [0.3, 0.4) is 0 Å². The Morgan fingerprint density at radius 1 is 1.25 bits per heavy atom. The number of nitrogens with zero attached hydrogens (tertiary/aromatic N) is 1. The van der Waals surface area contributed by atoms with Gasteiger partial charge in [0.15, 0.2) is 6.61 Å². The van der Waals surface area contributed by atoms with Crippen molar-refractivity contribution in [3.05, 3.63) is 29.6 Å². The van der Waals surface area contributed by atoms with Gasteiger partial charge in [0.2, 0.25) is 10.0 Å². The predicted molar refractivity (Wildman–Crippen MR) is 80.2 cm³/mol. The maximum absolute atomic E-state index is 13.7. The summed E-state index contributed by atoms with van der Waals surface area (Å²) in [4.78, 5) is 33.7. The van der Waals surface area contributed by atoms with Gasteiger partial charge in [0.05, 0.1) is 10.5 Å². The van der Waals surface area contributed by atoms with Gasteiger partial charge in [0.25, 0.3) is 5.91 Å². The maximum Gasteiger partial charge on any atom is 0.341 e. The molecule has 0 saturated heterocycles. The summed E-state index contributed by atoms with van der Waals surface area (Å²) in [7, 11) is -0.0399. The van der Waals surface area contributed by atoms with E-state index < -0.39 is 45.9 Å². The monoisotopic (exact) mass is 361 g/mol. The van der Waals surface area contributed by atoms with E-state index in [1.165, 1.54) is 21.1 Å². The van der Waals surface area contributed by atoms with E-state index in [0.29, 0.717) is 0 Å². The lowest BCUT2D eigenvalue weighted by Gasteiger charge is -2.12. The highest BCUT2D eigenvalue weighted by Gasteiger charge is 2.22. The molecule has 1 rings (SSSR count). The third kappa shape index (κ3) is 4.73. The molecule has 1 aromatic rings. The highest BCUT2D eigenvalue weighted by Crippen LogP contribution is 2.18. The maximum atomic E-state index is 13.7. The number of carbonyl (C=O) groups is 3. The lowest BCUT2D eigenvalue weighted by molar-refractivity contribution is -0.123. The number of urea groups is 1. The van der Waals surface area contributed by atoms with Gasteiger partial charge in [-0.25, -0.2) is 26.7 Å². The Balaban J connectivity index is 2.92. The second kappa shape index (κ2) is 7.84. The molecule has 0 aromatic heterocycles. The van der Waals surface area contributed by atoms with Crippen molar-refractivity contribution in [2.75, 3.05) is 27.7 Å². The van der Waals surface area contributed by atoms with Crippen LogP contribution in [0.5, 0.6) is 0 Å². The van der Waals surface area contributed by atoms with Gasteiger partial charge in [-0.1, -0.05) is 0 Å². The number of carbonyl (C=O) groups excluding carboxylic acids is 3. The van der Waals surface area contributed by atoms with E-state index in [-0.39, 0.29) is 4.90 Å². The number of imide groups is 1. The van der Waals surface area contributed by atoms with E-state index >= 15 is 0 Å². The summed E-state index contributed by atoms with van der Waals surface area (Å²) in [5.41, 5.74) is -0.648. The summed E-state index contributed by atoms with van der Waals surface area (Å²) in [6.07, 6.45) is 0. The molecule has 0 saturated carbocycles. The Morgan fingerprint density at radius 2 is 1.88 bits per heavy atom. The molecule has 24 heavy (non-hydrogen) atoms. The van der Waals surface area contributed by atoms with Gasteiger partial charge in [-0.3, -0.25) is 10.1 Å². The van der Waals surface area contributed by atoms with Crippen molar-refractivity contribution in [2.45, 2.75) is 4.90 Å². The zero-order valence-electron chi connectivity index (χ0n) is 13.1. The van der Waals surface area contributed by atoms with Crippen LogP contribution in [0.4, 0.5) is 9.18 Å². The third-order valence-corrected chi connectivity index (χ3v) is 4.56. The zero-order valence-corrected chi connectivity index (χ0v) is 13.9. The van der Waals surface area contributed by atoms with Crippen LogP contribution >= 0.6 is 0 Å². The lowest BCUT2D eigenvalue weighted by Crippen LogP contribution is -2.39. The van der Waals surface area contributed by atoms with Crippen LogP contribution in [0.25, 0.3) is 0 Å². The summed E-state index contributed by atoms with van der Waals surface area (Å²) in [5, 5.41) is 3.96. The van der Waals surface area contributed by atoms with Crippen molar-refractivity contribution >= 4 is 27.9 Å². The molecule has 1 aromatic carbocycles. The molecular weight excluding hydrogens is 345 g/mol. The first kappa shape index (κ1) is 19.5. The number of rotatable bonds is 5. The highest BCUT2D eigenvalue weighted by atomic mass is 32.2. The Hall–Kier alpha value is -2.53. The van der Waals surface area contributed by atoms with Crippen LogP contribution in [-0.2, 0) is 19.6 Å². The van der Waals surface area contributed by atoms with Gasteiger partial charge in [-0.05, 0) is 18.2 Å². The van der Waals surface area contributed by atoms with Crippen LogP contribution in [0.15, 0.2) is 23.1 Å². The number of esters is 1. The summed E-state index contributed by atoms with van der Waals surface area (Å²) < 4.78 is 43.1. The second-order valence-electron chi connectivity index (χ2n) is 4.63. The van der Waals surface area contributed by atoms with E-state index in [1.807, 2.05) is 5.32 Å². The fourth-order valence-corrected chi connectivity index (χ4v) is 2.39. The molecule has 0 bridgehead atoms. The Bertz CT molecular complexity index is 763. The number of nitrogens with one attached hydrogen (secondary N) is 2. The van der Waals surface area contributed by atoms with Crippen molar-refractivity contribution in [2.24, 2.45) is 0 Å². The molecule has 0 radical (unpaired) electrons. The van der Waals surface area contributed by atoms with Gasteiger partial charge < -0.3 is 10.1 Å². The zero-order chi connectivity index (χ0) is 18.5. The molecule has 11 heteroatoms. The largest absolute Gasteiger partial charge is 0.452 e. The molecule has 0 aliphatic rings. The quantitative estimate of drug-likeness (QED) is 0.694. The van der Waals surface area contributed by atoms with Gasteiger partial charge in [0, 0.05) is 21.1 Å². The number of halogens is 1. The topological polar surface area (TPSA) is 122 Å². The molecule has 2 N–H and O–H groups in total. The molecule has 0 aliphatic carbocycles. The highest BCUT2D eigenvalue weighted by molar-refractivity contribution is 7.89.